The average Bonchev–Trinajstić information content (AvgIpc) is 2.82. The summed E-state index contributed by atoms with van der Waals surface area (Å²) in [6.45, 7) is 1.62. The molecule has 3 heteroatoms. The Hall–Kier alpha value is -1.67. The molecule has 0 aromatic heterocycles. The Kier molecular flexibility index (Phi) is 3.11. The van der Waals surface area contributed by atoms with Gasteiger partial charge in [-0.05, 0) is 35.9 Å². The van der Waals surface area contributed by atoms with E-state index >= 15 is 0 Å². The van der Waals surface area contributed by atoms with E-state index in [4.69, 9.17) is 16.3 Å². The molecular formula is C15H14ClNO. The minimum absolute atomic E-state index is 0.414. The van der Waals surface area contributed by atoms with Crippen molar-refractivity contribution < 1.29 is 4.74 Å². The molecule has 1 heterocycles. The molecule has 0 spiro atoms. The quantitative estimate of drug-likeness (QED) is 0.902. The van der Waals surface area contributed by atoms with Crippen LogP contribution in [-0.2, 0) is 0 Å². The van der Waals surface area contributed by atoms with Gasteiger partial charge in [0.2, 0.25) is 0 Å². The molecule has 92 valence electrons. The highest BCUT2D eigenvalue weighted by Crippen LogP contribution is 2.31. The van der Waals surface area contributed by atoms with E-state index in [-0.39, 0.29) is 0 Å². The van der Waals surface area contributed by atoms with Crippen LogP contribution < -0.4 is 10.1 Å². The first kappa shape index (κ1) is 11.4. The highest BCUT2D eigenvalue weighted by atomic mass is 35.5. The van der Waals surface area contributed by atoms with Crippen molar-refractivity contribution in [2.45, 2.75) is 5.92 Å². The van der Waals surface area contributed by atoms with E-state index in [9.17, 15) is 0 Å². The fourth-order valence-corrected chi connectivity index (χ4v) is 2.36. The molecule has 0 saturated carbocycles. The summed E-state index contributed by atoms with van der Waals surface area (Å²) in [5, 5.41) is 4.13. The number of nitrogens with one attached hydrogen (secondary N) is 1. The highest BCUT2D eigenvalue weighted by molar-refractivity contribution is 6.30. The first-order chi connectivity index (χ1) is 8.83. The van der Waals surface area contributed by atoms with Gasteiger partial charge in [-0.3, -0.25) is 0 Å². The number of fused-ring (bicyclic) bond motifs is 1. The van der Waals surface area contributed by atoms with Crippen LogP contribution in [0, 0.1) is 0 Å². The first-order valence-corrected chi connectivity index (χ1v) is 6.42. The zero-order valence-corrected chi connectivity index (χ0v) is 10.7. The zero-order chi connectivity index (χ0) is 12.4. The van der Waals surface area contributed by atoms with E-state index in [1.165, 1.54) is 11.3 Å². The molecule has 2 nitrogen and oxygen atoms in total. The third kappa shape index (κ3) is 2.29. The lowest BCUT2D eigenvalue weighted by Gasteiger charge is -2.12. The second-order valence-corrected chi connectivity index (χ2v) is 4.87. The van der Waals surface area contributed by atoms with Crippen molar-refractivity contribution in [2.75, 3.05) is 18.5 Å². The summed E-state index contributed by atoms with van der Waals surface area (Å²) in [6.07, 6.45) is 0. The Balaban J connectivity index is 1.67. The van der Waals surface area contributed by atoms with E-state index in [2.05, 4.69) is 23.5 Å². The van der Waals surface area contributed by atoms with Crippen LogP contribution in [0.2, 0.25) is 5.02 Å². The predicted molar refractivity (Wildman–Crippen MR) is 74.6 cm³/mol. The largest absolute Gasteiger partial charge is 0.493 e. The second kappa shape index (κ2) is 4.91. The van der Waals surface area contributed by atoms with Crippen LogP contribution >= 0.6 is 11.6 Å². The SMILES string of the molecule is Clc1ccc(OCC2CNc3ccccc32)cc1. The molecule has 1 aliphatic rings. The van der Waals surface area contributed by atoms with Crippen LogP contribution in [-0.4, -0.2) is 13.2 Å². The van der Waals surface area contributed by atoms with Gasteiger partial charge >= 0.3 is 0 Å². The van der Waals surface area contributed by atoms with E-state index in [1.807, 2.05) is 30.3 Å². The molecule has 18 heavy (non-hydrogen) atoms. The molecule has 0 aliphatic carbocycles. The minimum Gasteiger partial charge on any atom is -0.493 e. The van der Waals surface area contributed by atoms with E-state index in [0.29, 0.717) is 12.5 Å². The maximum Gasteiger partial charge on any atom is 0.119 e. The topological polar surface area (TPSA) is 21.3 Å². The Morgan fingerprint density at radius 3 is 2.72 bits per heavy atom. The van der Waals surface area contributed by atoms with Crippen molar-refractivity contribution in [2.24, 2.45) is 0 Å². The number of anilines is 1. The molecule has 1 N–H and O–H groups in total. The van der Waals surface area contributed by atoms with Crippen molar-refractivity contribution in [1.82, 2.24) is 0 Å². The summed E-state index contributed by atoms with van der Waals surface area (Å²) in [5.41, 5.74) is 2.56. The molecule has 2 aromatic rings. The van der Waals surface area contributed by atoms with Gasteiger partial charge in [-0.15, -0.1) is 0 Å². The number of benzene rings is 2. The van der Waals surface area contributed by atoms with Gasteiger partial charge in [0.15, 0.2) is 0 Å². The highest BCUT2D eigenvalue weighted by Gasteiger charge is 2.21. The number of rotatable bonds is 3. The molecule has 1 atom stereocenters. The molecule has 1 aliphatic heterocycles. The van der Waals surface area contributed by atoms with Crippen molar-refractivity contribution in [3.05, 3.63) is 59.1 Å². The van der Waals surface area contributed by atoms with Gasteiger partial charge in [0.05, 0.1) is 6.61 Å². The van der Waals surface area contributed by atoms with Crippen molar-refractivity contribution in [3.8, 4) is 5.75 Å². The maximum absolute atomic E-state index is 5.84. The molecule has 0 fully saturated rings. The average molecular weight is 260 g/mol. The van der Waals surface area contributed by atoms with Gasteiger partial charge in [-0.2, -0.15) is 0 Å². The molecular weight excluding hydrogens is 246 g/mol. The van der Waals surface area contributed by atoms with Crippen LogP contribution in [0.1, 0.15) is 11.5 Å². The number of halogens is 1. The standard InChI is InChI=1S/C15H14ClNO/c16-12-5-7-13(8-6-12)18-10-11-9-17-15-4-2-1-3-14(11)15/h1-8,11,17H,9-10H2. The van der Waals surface area contributed by atoms with Crippen LogP contribution in [0.3, 0.4) is 0 Å². The number of hydrogen-bond donors (Lipinski definition) is 1. The van der Waals surface area contributed by atoms with Crippen LogP contribution in [0.15, 0.2) is 48.5 Å². The summed E-state index contributed by atoms with van der Waals surface area (Å²) < 4.78 is 5.80. The predicted octanol–water partition coefficient (Wildman–Crippen LogP) is 3.93. The number of ether oxygens (including phenoxy) is 1. The third-order valence-corrected chi connectivity index (χ3v) is 3.46. The van der Waals surface area contributed by atoms with Crippen LogP contribution in [0.25, 0.3) is 0 Å². The van der Waals surface area contributed by atoms with Crippen molar-refractivity contribution in [1.29, 1.82) is 0 Å². The summed E-state index contributed by atoms with van der Waals surface area (Å²) in [7, 11) is 0. The monoisotopic (exact) mass is 259 g/mol. The van der Waals surface area contributed by atoms with Gasteiger partial charge in [0, 0.05) is 23.2 Å². The third-order valence-electron chi connectivity index (χ3n) is 3.20. The molecule has 0 radical (unpaired) electrons. The number of para-hydroxylation sites is 1. The minimum atomic E-state index is 0.414. The van der Waals surface area contributed by atoms with E-state index in [1.54, 1.807) is 0 Å². The summed E-state index contributed by atoms with van der Waals surface area (Å²) in [5.74, 6) is 1.28. The maximum atomic E-state index is 5.84. The lowest BCUT2D eigenvalue weighted by Crippen LogP contribution is -2.12. The Morgan fingerprint density at radius 1 is 1.11 bits per heavy atom. The Morgan fingerprint density at radius 2 is 1.89 bits per heavy atom. The lowest BCUT2D eigenvalue weighted by atomic mass is 10.0. The molecule has 2 aromatic carbocycles. The van der Waals surface area contributed by atoms with Crippen molar-refractivity contribution in [3.63, 3.8) is 0 Å². The molecule has 0 saturated heterocycles. The van der Waals surface area contributed by atoms with Gasteiger partial charge in [-0.25, -0.2) is 0 Å². The normalized spacial score (nSPS) is 17.1. The van der Waals surface area contributed by atoms with Crippen LogP contribution in [0.4, 0.5) is 5.69 Å². The zero-order valence-electron chi connectivity index (χ0n) is 9.90. The summed E-state index contributed by atoms with van der Waals surface area (Å²) in [4.78, 5) is 0. The Labute approximate surface area is 112 Å². The fraction of sp³-hybridized carbons (Fsp3) is 0.200. The van der Waals surface area contributed by atoms with Gasteiger partial charge in [0.1, 0.15) is 5.75 Å². The molecule has 0 bridgehead atoms. The molecule has 3 rings (SSSR count). The van der Waals surface area contributed by atoms with E-state index < -0.39 is 0 Å². The van der Waals surface area contributed by atoms with Gasteiger partial charge in [-0.1, -0.05) is 29.8 Å². The number of hydrogen-bond acceptors (Lipinski definition) is 2. The molecule has 1 unspecified atom stereocenters. The Bertz CT molecular complexity index is 538. The smallest absolute Gasteiger partial charge is 0.119 e. The van der Waals surface area contributed by atoms with Gasteiger partial charge in [0.25, 0.3) is 0 Å². The summed E-state index contributed by atoms with van der Waals surface area (Å²) in [6, 6.07) is 15.9. The van der Waals surface area contributed by atoms with Crippen LogP contribution in [0.5, 0.6) is 5.75 Å². The first-order valence-electron chi connectivity index (χ1n) is 6.04. The van der Waals surface area contributed by atoms with Gasteiger partial charge < -0.3 is 10.1 Å². The molecule has 0 amide bonds. The fourth-order valence-electron chi connectivity index (χ4n) is 2.23. The second-order valence-electron chi connectivity index (χ2n) is 4.43. The lowest BCUT2D eigenvalue weighted by molar-refractivity contribution is 0.296. The van der Waals surface area contributed by atoms with E-state index in [0.717, 1.165) is 17.3 Å². The van der Waals surface area contributed by atoms with Crippen molar-refractivity contribution >= 4 is 17.3 Å². The summed E-state index contributed by atoms with van der Waals surface area (Å²) >= 11 is 5.84.